The van der Waals surface area contributed by atoms with E-state index < -0.39 is 0 Å². The van der Waals surface area contributed by atoms with Gasteiger partial charge in [-0.2, -0.15) is 5.10 Å². The molecule has 1 aliphatic carbocycles. The number of hydrazone groups is 1. The van der Waals surface area contributed by atoms with Gasteiger partial charge in [-0.3, -0.25) is 9.59 Å². The summed E-state index contributed by atoms with van der Waals surface area (Å²) < 4.78 is 18.2. The van der Waals surface area contributed by atoms with Crippen LogP contribution in [0, 0.1) is 5.92 Å². The van der Waals surface area contributed by atoms with E-state index in [-0.39, 0.29) is 37.1 Å². The molecule has 5 rings (SSSR count). The number of methoxy groups -OCH3 is 1. The highest BCUT2D eigenvalue weighted by Crippen LogP contribution is 2.39. The second-order valence-electron chi connectivity index (χ2n) is 9.00. The van der Waals surface area contributed by atoms with Crippen LogP contribution in [0.4, 0.5) is 0 Å². The number of carbonyl (C=O) groups excluding carboxylic acids is 2. The van der Waals surface area contributed by atoms with Crippen LogP contribution in [0.1, 0.15) is 43.0 Å². The van der Waals surface area contributed by atoms with Crippen molar-refractivity contribution in [2.75, 3.05) is 33.6 Å². The third kappa shape index (κ3) is 4.27. The van der Waals surface area contributed by atoms with E-state index in [1.54, 1.807) is 12.0 Å². The summed E-state index contributed by atoms with van der Waals surface area (Å²) in [6.45, 7) is 0.933. The molecule has 0 saturated heterocycles. The normalized spacial score (nSPS) is 19.2. The Labute approximate surface area is 198 Å². The van der Waals surface area contributed by atoms with Crippen molar-refractivity contribution in [2.24, 2.45) is 18.1 Å². The number of ether oxygens (including phenoxy) is 3. The Morgan fingerprint density at radius 1 is 1.21 bits per heavy atom. The van der Waals surface area contributed by atoms with Crippen molar-refractivity contribution < 1.29 is 23.8 Å². The molecule has 2 amide bonds. The molecule has 1 atom stereocenters. The zero-order chi connectivity index (χ0) is 23.7. The largest absolute Gasteiger partial charge is 0.454 e. The fourth-order valence-corrected chi connectivity index (χ4v) is 4.65. The number of aromatic nitrogens is 1. The van der Waals surface area contributed by atoms with Gasteiger partial charge >= 0.3 is 0 Å². The van der Waals surface area contributed by atoms with Crippen LogP contribution in [0.3, 0.4) is 0 Å². The van der Waals surface area contributed by atoms with E-state index in [1.165, 1.54) is 5.01 Å². The first-order valence-electron chi connectivity index (χ1n) is 11.7. The number of amides is 2. The Kier molecular flexibility index (Phi) is 6.28. The molecule has 0 N–H and O–H groups in total. The second kappa shape index (κ2) is 9.50. The van der Waals surface area contributed by atoms with E-state index in [0.717, 1.165) is 36.2 Å². The zero-order valence-corrected chi connectivity index (χ0v) is 19.6. The van der Waals surface area contributed by atoms with E-state index in [1.807, 2.05) is 48.1 Å². The summed E-state index contributed by atoms with van der Waals surface area (Å²) in [5.74, 6) is 1.19. The summed E-state index contributed by atoms with van der Waals surface area (Å²) >= 11 is 0. The van der Waals surface area contributed by atoms with Crippen LogP contribution in [-0.2, 0) is 21.4 Å². The number of fused-ring (bicyclic) bond motifs is 1. The maximum Gasteiger partial charge on any atom is 0.262 e. The minimum atomic E-state index is -0.296. The van der Waals surface area contributed by atoms with Gasteiger partial charge in [0.2, 0.25) is 12.7 Å². The molecule has 0 bridgehead atoms. The minimum absolute atomic E-state index is 0.00956. The zero-order valence-electron chi connectivity index (χ0n) is 19.6. The van der Waals surface area contributed by atoms with Gasteiger partial charge in [0.15, 0.2) is 11.5 Å². The average Bonchev–Trinajstić information content (AvgIpc) is 3.53. The predicted molar refractivity (Wildman–Crippen MR) is 125 cm³/mol. The van der Waals surface area contributed by atoms with Crippen molar-refractivity contribution in [3.8, 4) is 11.5 Å². The molecule has 2 aromatic rings. The molecule has 0 spiro atoms. The van der Waals surface area contributed by atoms with Crippen molar-refractivity contribution in [2.45, 2.75) is 31.7 Å². The second-order valence-corrected chi connectivity index (χ2v) is 9.00. The number of nitrogens with zero attached hydrogens (tertiary/aromatic N) is 4. The van der Waals surface area contributed by atoms with E-state index >= 15 is 0 Å². The fourth-order valence-electron chi connectivity index (χ4n) is 4.65. The van der Waals surface area contributed by atoms with Gasteiger partial charge in [-0.1, -0.05) is 12.5 Å². The maximum absolute atomic E-state index is 13.6. The molecule has 1 unspecified atom stereocenters. The van der Waals surface area contributed by atoms with E-state index in [9.17, 15) is 9.59 Å². The molecular weight excluding hydrogens is 436 g/mol. The van der Waals surface area contributed by atoms with Gasteiger partial charge in [0.05, 0.1) is 24.1 Å². The molecular formula is C25H30N4O5. The number of aryl methyl sites for hydroxylation is 1. The quantitative estimate of drug-likeness (QED) is 0.597. The van der Waals surface area contributed by atoms with Crippen molar-refractivity contribution in [3.05, 3.63) is 47.8 Å². The third-order valence-corrected chi connectivity index (χ3v) is 6.84. The lowest BCUT2D eigenvalue weighted by Gasteiger charge is -2.32. The number of benzene rings is 1. The van der Waals surface area contributed by atoms with Crippen LogP contribution in [-0.4, -0.2) is 65.6 Å². The third-order valence-electron chi connectivity index (χ3n) is 6.84. The average molecular weight is 467 g/mol. The van der Waals surface area contributed by atoms with Crippen LogP contribution in [0.15, 0.2) is 41.6 Å². The molecule has 1 saturated carbocycles. The summed E-state index contributed by atoms with van der Waals surface area (Å²) in [5.41, 5.74) is 2.71. The highest BCUT2D eigenvalue weighted by Gasteiger charge is 2.37. The van der Waals surface area contributed by atoms with Crippen molar-refractivity contribution in [3.63, 3.8) is 0 Å². The number of hydrogen-bond donors (Lipinski definition) is 0. The predicted octanol–water partition coefficient (Wildman–Crippen LogP) is 2.71. The minimum Gasteiger partial charge on any atom is -0.454 e. The lowest BCUT2D eigenvalue weighted by Crippen LogP contribution is -2.46. The van der Waals surface area contributed by atoms with Gasteiger partial charge < -0.3 is 23.7 Å². The Morgan fingerprint density at radius 2 is 2.03 bits per heavy atom. The first-order chi connectivity index (χ1) is 16.5. The Balaban J connectivity index is 1.42. The highest BCUT2D eigenvalue weighted by molar-refractivity contribution is 6.02. The summed E-state index contributed by atoms with van der Waals surface area (Å²) in [5, 5.41) is 6.29. The standard InChI is InChI=1S/C25H30N4O5/c1-27-10-4-7-20(27)19-14-21(18-8-9-22-23(13-18)34-16-33-22)29(26-19)24(30)15-28(11-12-32-2)25(31)17-5-3-6-17/h4,7-10,13,17,21H,3,5-6,11-12,14-16H2,1-2H3. The molecule has 3 aliphatic rings. The van der Waals surface area contributed by atoms with Crippen molar-refractivity contribution in [1.29, 1.82) is 0 Å². The van der Waals surface area contributed by atoms with Gasteiger partial charge in [-0.15, -0.1) is 0 Å². The molecule has 34 heavy (non-hydrogen) atoms. The molecule has 1 aromatic carbocycles. The molecule has 9 heteroatoms. The van der Waals surface area contributed by atoms with Gasteiger partial charge in [0, 0.05) is 39.2 Å². The Morgan fingerprint density at radius 3 is 2.74 bits per heavy atom. The van der Waals surface area contributed by atoms with Gasteiger partial charge in [-0.05, 0) is 42.7 Å². The van der Waals surface area contributed by atoms with E-state index in [2.05, 4.69) is 0 Å². The lowest BCUT2D eigenvalue weighted by atomic mass is 9.84. The Bertz CT molecular complexity index is 1110. The molecule has 9 nitrogen and oxygen atoms in total. The van der Waals surface area contributed by atoms with E-state index in [4.69, 9.17) is 19.3 Å². The van der Waals surface area contributed by atoms with Crippen LogP contribution >= 0.6 is 0 Å². The van der Waals surface area contributed by atoms with Crippen LogP contribution in [0.5, 0.6) is 11.5 Å². The van der Waals surface area contributed by atoms with Crippen LogP contribution in [0.25, 0.3) is 0 Å². The number of rotatable bonds is 8. The molecule has 3 heterocycles. The van der Waals surface area contributed by atoms with Gasteiger partial charge in [0.1, 0.15) is 6.54 Å². The first kappa shape index (κ1) is 22.5. The maximum atomic E-state index is 13.6. The Hall–Kier alpha value is -3.33. The molecule has 0 radical (unpaired) electrons. The summed E-state index contributed by atoms with van der Waals surface area (Å²) in [6.07, 6.45) is 5.36. The van der Waals surface area contributed by atoms with Crippen molar-refractivity contribution >= 4 is 17.5 Å². The smallest absolute Gasteiger partial charge is 0.262 e. The van der Waals surface area contributed by atoms with Crippen LogP contribution in [0.2, 0.25) is 0 Å². The number of carbonyl (C=O) groups is 2. The SMILES string of the molecule is COCCN(CC(=O)N1N=C(c2cccn2C)CC1c1ccc2c(c1)OCO2)C(=O)C1CCC1. The molecule has 1 aromatic heterocycles. The molecule has 2 aliphatic heterocycles. The molecule has 1 fully saturated rings. The van der Waals surface area contributed by atoms with Crippen molar-refractivity contribution in [1.82, 2.24) is 14.5 Å². The molecule has 180 valence electrons. The topological polar surface area (TPSA) is 85.6 Å². The summed E-state index contributed by atoms with van der Waals surface area (Å²) in [6, 6.07) is 9.39. The van der Waals surface area contributed by atoms with E-state index in [0.29, 0.717) is 31.1 Å². The van der Waals surface area contributed by atoms with Gasteiger partial charge in [0.25, 0.3) is 5.91 Å². The monoisotopic (exact) mass is 466 g/mol. The van der Waals surface area contributed by atoms with Gasteiger partial charge in [-0.25, -0.2) is 5.01 Å². The first-order valence-corrected chi connectivity index (χ1v) is 11.7. The fraction of sp³-hybridized carbons (Fsp3) is 0.480. The lowest BCUT2D eigenvalue weighted by molar-refractivity contribution is -0.146. The number of hydrogen-bond acceptors (Lipinski definition) is 6. The summed E-state index contributed by atoms with van der Waals surface area (Å²) in [7, 11) is 3.56. The highest BCUT2D eigenvalue weighted by atomic mass is 16.7. The summed E-state index contributed by atoms with van der Waals surface area (Å²) in [4.78, 5) is 28.2. The van der Waals surface area contributed by atoms with Crippen LogP contribution < -0.4 is 9.47 Å².